The number of hydrogen-bond donors (Lipinski definition) is 1. The van der Waals surface area contributed by atoms with E-state index in [-0.39, 0.29) is 17.4 Å². The van der Waals surface area contributed by atoms with Gasteiger partial charge in [-0.25, -0.2) is 0 Å². The number of amides is 1. The number of Topliss-reactive ketones (excluding diaryl/α,β-unsaturated/α-hetero) is 1. The highest BCUT2D eigenvalue weighted by Crippen LogP contribution is 2.34. The van der Waals surface area contributed by atoms with Gasteiger partial charge in [-0.05, 0) is 44.0 Å². The van der Waals surface area contributed by atoms with Crippen molar-refractivity contribution in [1.29, 1.82) is 0 Å². The zero-order valence-corrected chi connectivity index (χ0v) is 16.3. The van der Waals surface area contributed by atoms with Gasteiger partial charge >= 0.3 is 0 Å². The third-order valence-electron chi connectivity index (χ3n) is 4.68. The molecule has 1 aliphatic rings. The first-order valence-electron chi connectivity index (χ1n) is 9.16. The van der Waals surface area contributed by atoms with Crippen LogP contribution in [0.3, 0.4) is 0 Å². The van der Waals surface area contributed by atoms with Gasteiger partial charge in [0, 0.05) is 23.7 Å². The number of ketones is 1. The second kappa shape index (κ2) is 8.99. The van der Waals surface area contributed by atoms with Crippen molar-refractivity contribution in [2.75, 3.05) is 11.1 Å². The number of thioether (sulfide) groups is 1. The monoisotopic (exact) mass is 384 g/mol. The maximum Gasteiger partial charge on any atom is 0.234 e. The molecule has 0 atom stereocenters. The Labute approximate surface area is 163 Å². The molecular weight excluding hydrogens is 360 g/mol. The van der Waals surface area contributed by atoms with E-state index >= 15 is 0 Å². The van der Waals surface area contributed by atoms with E-state index in [0.29, 0.717) is 23.7 Å². The SMILES string of the molecule is C=CCn1c(SCC(=O)Nc2ccc(C(C)=O)cc2)nnc1C1CCCC1. The van der Waals surface area contributed by atoms with E-state index in [2.05, 4.69) is 26.7 Å². The van der Waals surface area contributed by atoms with Crippen molar-refractivity contribution in [3.05, 3.63) is 48.3 Å². The lowest BCUT2D eigenvalue weighted by Gasteiger charge is -2.12. The second-order valence-electron chi connectivity index (χ2n) is 6.69. The average molecular weight is 385 g/mol. The van der Waals surface area contributed by atoms with Gasteiger partial charge in [0.15, 0.2) is 10.9 Å². The van der Waals surface area contributed by atoms with Gasteiger partial charge in [-0.3, -0.25) is 9.59 Å². The lowest BCUT2D eigenvalue weighted by atomic mass is 10.1. The number of benzene rings is 1. The van der Waals surface area contributed by atoms with Crippen LogP contribution in [0.25, 0.3) is 0 Å². The van der Waals surface area contributed by atoms with Crippen molar-refractivity contribution in [3.8, 4) is 0 Å². The van der Waals surface area contributed by atoms with Crippen LogP contribution in [0.15, 0.2) is 42.1 Å². The molecule has 1 aromatic carbocycles. The first-order valence-corrected chi connectivity index (χ1v) is 10.1. The molecule has 27 heavy (non-hydrogen) atoms. The Morgan fingerprint density at radius 3 is 2.59 bits per heavy atom. The Balaban J connectivity index is 1.61. The molecule has 0 saturated heterocycles. The molecule has 0 spiro atoms. The van der Waals surface area contributed by atoms with Crippen LogP contribution in [-0.4, -0.2) is 32.2 Å². The van der Waals surface area contributed by atoms with Gasteiger partial charge in [0.2, 0.25) is 5.91 Å². The summed E-state index contributed by atoms with van der Waals surface area (Å²) in [6.45, 7) is 5.99. The van der Waals surface area contributed by atoms with E-state index in [1.807, 2.05) is 6.08 Å². The maximum atomic E-state index is 12.3. The van der Waals surface area contributed by atoms with Crippen LogP contribution in [0.5, 0.6) is 0 Å². The summed E-state index contributed by atoms with van der Waals surface area (Å²) in [5, 5.41) is 12.3. The molecular formula is C20H24N4O2S. The Hall–Kier alpha value is -2.41. The highest BCUT2D eigenvalue weighted by atomic mass is 32.2. The predicted molar refractivity (Wildman–Crippen MR) is 107 cm³/mol. The molecule has 3 rings (SSSR count). The molecule has 142 valence electrons. The average Bonchev–Trinajstić information content (AvgIpc) is 3.30. The van der Waals surface area contributed by atoms with Crippen LogP contribution in [0.1, 0.15) is 54.7 Å². The summed E-state index contributed by atoms with van der Waals surface area (Å²) in [6.07, 6.45) is 6.60. The number of rotatable bonds is 8. The molecule has 1 aliphatic carbocycles. The summed E-state index contributed by atoms with van der Waals surface area (Å²) in [7, 11) is 0. The molecule has 6 nitrogen and oxygen atoms in total. The highest BCUT2D eigenvalue weighted by molar-refractivity contribution is 7.99. The molecule has 0 bridgehead atoms. The Morgan fingerprint density at radius 1 is 1.26 bits per heavy atom. The molecule has 0 aliphatic heterocycles. The molecule has 1 heterocycles. The summed E-state index contributed by atoms with van der Waals surface area (Å²) in [4.78, 5) is 23.6. The number of carbonyl (C=O) groups is 2. The topological polar surface area (TPSA) is 76.9 Å². The minimum Gasteiger partial charge on any atom is -0.325 e. The van der Waals surface area contributed by atoms with Crippen molar-refractivity contribution >= 4 is 29.1 Å². The van der Waals surface area contributed by atoms with Gasteiger partial charge in [0.1, 0.15) is 5.82 Å². The number of aromatic nitrogens is 3. The molecule has 0 unspecified atom stereocenters. The van der Waals surface area contributed by atoms with Gasteiger partial charge < -0.3 is 9.88 Å². The smallest absolute Gasteiger partial charge is 0.234 e. The molecule has 7 heteroatoms. The van der Waals surface area contributed by atoms with Crippen LogP contribution in [0.4, 0.5) is 5.69 Å². The van der Waals surface area contributed by atoms with Crippen molar-refractivity contribution in [1.82, 2.24) is 14.8 Å². The normalized spacial score (nSPS) is 14.3. The lowest BCUT2D eigenvalue weighted by molar-refractivity contribution is -0.113. The standard InChI is InChI=1S/C20H24N4O2S/c1-3-12-24-19(16-6-4-5-7-16)22-23-20(24)27-13-18(26)21-17-10-8-15(9-11-17)14(2)25/h3,8-11,16H,1,4-7,12-13H2,2H3,(H,21,26). The van der Waals surface area contributed by atoms with Gasteiger partial charge in [0.05, 0.1) is 5.75 Å². The summed E-state index contributed by atoms with van der Waals surface area (Å²) in [5.41, 5.74) is 1.30. The Kier molecular flexibility index (Phi) is 6.45. The van der Waals surface area contributed by atoms with Crippen LogP contribution in [-0.2, 0) is 11.3 Å². The number of nitrogens with one attached hydrogen (secondary N) is 1. The Bertz CT molecular complexity index is 823. The minimum atomic E-state index is -0.119. The van der Waals surface area contributed by atoms with Gasteiger partial charge in [-0.15, -0.1) is 16.8 Å². The van der Waals surface area contributed by atoms with Crippen LogP contribution < -0.4 is 5.32 Å². The first-order chi connectivity index (χ1) is 13.1. The summed E-state index contributed by atoms with van der Waals surface area (Å²) < 4.78 is 2.07. The minimum absolute atomic E-state index is 0.00283. The van der Waals surface area contributed by atoms with Crippen molar-refractivity contribution in [2.45, 2.75) is 50.2 Å². The molecule has 1 fully saturated rings. The number of allylic oxidation sites excluding steroid dienone is 1. The fourth-order valence-corrected chi connectivity index (χ4v) is 4.06. The van der Waals surface area contributed by atoms with E-state index in [0.717, 1.165) is 23.8 Å². The fraction of sp³-hybridized carbons (Fsp3) is 0.400. The van der Waals surface area contributed by atoms with Crippen molar-refractivity contribution in [2.24, 2.45) is 0 Å². The van der Waals surface area contributed by atoms with E-state index in [9.17, 15) is 9.59 Å². The van der Waals surface area contributed by atoms with Gasteiger partial charge in [0.25, 0.3) is 0 Å². The molecule has 1 saturated carbocycles. The molecule has 0 radical (unpaired) electrons. The molecule has 1 aromatic heterocycles. The molecule has 1 amide bonds. The second-order valence-corrected chi connectivity index (χ2v) is 7.63. The number of hydrogen-bond acceptors (Lipinski definition) is 5. The van der Waals surface area contributed by atoms with Gasteiger partial charge in [-0.1, -0.05) is 30.7 Å². The maximum absolute atomic E-state index is 12.3. The third-order valence-corrected chi connectivity index (χ3v) is 5.65. The summed E-state index contributed by atoms with van der Waals surface area (Å²) >= 11 is 1.38. The van der Waals surface area contributed by atoms with E-state index in [1.54, 1.807) is 24.3 Å². The van der Waals surface area contributed by atoms with Crippen LogP contribution in [0.2, 0.25) is 0 Å². The lowest BCUT2D eigenvalue weighted by Crippen LogP contribution is -2.15. The van der Waals surface area contributed by atoms with Crippen LogP contribution in [0, 0.1) is 0 Å². The predicted octanol–water partition coefficient (Wildman–Crippen LogP) is 4.06. The fourth-order valence-electron chi connectivity index (χ4n) is 3.31. The van der Waals surface area contributed by atoms with E-state index < -0.39 is 0 Å². The molecule has 2 aromatic rings. The number of anilines is 1. The highest BCUT2D eigenvalue weighted by Gasteiger charge is 2.24. The summed E-state index contributed by atoms with van der Waals surface area (Å²) in [5.74, 6) is 1.60. The quantitative estimate of drug-likeness (QED) is 0.422. The van der Waals surface area contributed by atoms with Crippen molar-refractivity contribution in [3.63, 3.8) is 0 Å². The largest absolute Gasteiger partial charge is 0.325 e. The Morgan fingerprint density at radius 2 is 1.96 bits per heavy atom. The van der Waals surface area contributed by atoms with E-state index in [4.69, 9.17) is 0 Å². The number of nitrogens with zero attached hydrogens (tertiary/aromatic N) is 3. The zero-order valence-electron chi connectivity index (χ0n) is 15.5. The van der Waals surface area contributed by atoms with Crippen molar-refractivity contribution < 1.29 is 9.59 Å². The third kappa shape index (κ3) is 4.86. The first kappa shape index (κ1) is 19.4. The zero-order chi connectivity index (χ0) is 19.2. The molecule has 1 N–H and O–H groups in total. The van der Waals surface area contributed by atoms with E-state index in [1.165, 1.54) is 31.5 Å². The van der Waals surface area contributed by atoms with Gasteiger partial charge in [-0.2, -0.15) is 0 Å². The van der Waals surface area contributed by atoms with Crippen LogP contribution >= 0.6 is 11.8 Å². The summed E-state index contributed by atoms with van der Waals surface area (Å²) in [6, 6.07) is 6.88. The number of carbonyl (C=O) groups excluding carboxylic acids is 2.